The summed E-state index contributed by atoms with van der Waals surface area (Å²) in [6.07, 6.45) is 0. The monoisotopic (exact) mass is 289 g/mol. The molecular formula is C12H13F2NO3S. The van der Waals surface area contributed by atoms with Gasteiger partial charge in [-0.05, 0) is 24.6 Å². The van der Waals surface area contributed by atoms with Crippen molar-refractivity contribution < 1.29 is 22.3 Å². The highest BCUT2D eigenvalue weighted by atomic mass is 32.2. The summed E-state index contributed by atoms with van der Waals surface area (Å²) in [7, 11) is -4.63. The Morgan fingerprint density at radius 3 is 2.68 bits per heavy atom. The van der Waals surface area contributed by atoms with Crippen molar-refractivity contribution in [2.45, 2.75) is 18.7 Å². The first-order chi connectivity index (χ1) is 8.86. The number of halogens is 2. The predicted molar refractivity (Wildman–Crippen MR) is 66.9 cm³/mol. The lowest BCUT2D eigenvalue weighted by Gasteiger charge is -2.14. The maximum Gasteiger partial charge on any atom is 0.350 e. The lowest BCUT2D eigenvalue weighted by molar-refractivity contribution is 0.231. The largest absolute Gasteiger partial charge is 0.384 e. The van der Waals surface area contributed by atoms with Crippen molar-refractivity contribution in [3.63, 3.8) is 0 Å². The van der Waals surface area contributed by atoms with E-state index in [-0.39, 0.29) is 6.61 Å². The van der Waals surface area contributed by atoms with Gasteiger partial charge in [-0.1, -0.05) is 24.0 Å². The average molecular weight is 289 g/mol. The van der Waals surface area contributed by atoms with Crippen LogP contribution in [0.25, 0.3) is 0 Å². The number of hydrogen-bond acceptors (Lipinski definition) is 3. The van der Waals surface area contributed by atoms with Crippen molar-refractivity contribution in [3.05, 3.63) is 35.4 Å². The van der Waals surface area contributed by atoms with Crippen molar-refractivity contribution in [3.8, 4) is 11.8 Å². The molecule has 0 radical (unpaired) electrons. The highest BCUT2D eigenvalue weighted by molar-refractivity contribution is 7.89. The van der Waals surface area contributed by atoms with Gasteiger partial charge in [-0.3, -0.25) is 0 Å². The number of aliphatic hydroxyl groups is 1. The first-order valence-corrected chi connectivity index (χ1v) is 6.90. The van der Waals surface area contributed by atoms with Gasteiger partial charge in [-0.15, -0.1) is 0 Å². The van der Waals surface area contributed by atoms with Crippen LogP contribution in [0.5, 0.6) is 0 Å². The minimum Gasteiger partial charge on any atom is -0.384 e. The first kappa shape index (κ1) is 15.6. The average Bonchev–Trinajstić information content (AvgIpc) is 2.36. The Kier molecular flexibility index (Phi) is 5.42. The van der Waals surface area contributed by atoms with E-state index < -0.39 is 21.8 Å². The number of nitrogens with one attached hydrogen (secondary N) is 1. The third kappa shape index (κ3) is 4.59. The molecule has 0 fully saturated rings. The number of hydrogen-bond donors (Lipinski definition) is 2. The number of rotatable bonds is 4. The Labute approximate surface area is 110 Å². The van der Waals surface area contributed by atoms with Crippen molar-refractivity contribution >= 4 is 10.0 Å². The van der Waals surface area contributed by atoms with Gasteiger partial charge in [0.1, 0.15) is 6.61 Å². The lowest BCUT2D eigenvalue weighted by Crippen LogP contribution is -2.31. The summed E-state index contributed by atoms with van der Waals surface area (Å²) in [6.45, 7) is 1.16. The van der Waals surface area contributed by atoms with Gasteiger partial charge < -0.3 is 5.11 Å². The topological polar surface area (TPSA) is 66.4 Å². The highest BCUT2D eigenvalue weighted by Crippen LogP contribution is 2.16. The van der Waals surface area contributed by atoms with Crippen molar-refractivity contribution in [1.29, 1.82) is 0 Å². The van der Waals surface area contributed by atoms with E-state index in [1.165, 1.54) is 6.92 Å². The summed E-state index contributed by atoms with van der Waals surface area (Å²) in [6, 6.07) is 5.67. The smallest absolute Gasteiger partial charge is 0.350 e. The molecule has 0 saturated carbocycles. The standard InChI is InChI=1S/C12H13F2NO3S/c1-9(15-19(17,18)12(13)14)11-6-2-4-10(8-11)5-3-7-16/h2,4,6,8-9,12,15-16H,7H2,1H3. The molecule has 19 heavy (non-hydrogen) atoms. The molecule has 1 rings (SSSR count). The van der Waals surface area contributed by atoms with Crippen molar-refractivity contribution in [2.75, 3.05) is 6.61 Å². The number of aliphatic hydroxyl groups excluding tert-OH is 1. The van der Waals surface area contributed by atoms with Crippen LogP contribution >= 0.6 is 0 Å². The summed E-state index contributed by atoms with van der Waals surface area (Å²) in [5.74, 6) is 1.63. The number of alkyl halides is 2. The van der Waals surface area contributed by atoms with E-state index in [4.69, 9.17) is 5.11 Å². The van der Waals surface area contributed by atoms with Crippen LogP contribution in [0, 0.1) is 11.8 Å². The molecule has 0 amide bonds. The second-order valence-electron chi connectivity index (χ2n) is 3.73. The summed E-state index contributed by atoms with van der Waals surface area (Å²) >= 11 is 0. The minimum absolute atomic E-state index is 0.294. The summed E-state index contributed by atoms with van der Waals surface area (Å²) in [5.41, 5.74) is 1.07. The summed E-state index contributed by atoms with van der Waals surface area (Å²) < 4.78 is 48.4. The van der Waals surface area contributed by atoms with Crippen LogP contribution in [0.15, 0.2) is 24.3 Å². The van der Waals surface area contributed by atoms with Crippen LogP contribution < -0.4 is 4.72 Å². The van der Waals surface area contributed by atoms with Gasteiger partial charge in [-0.2, -0.15) is 8.78 Å². The number of benzene rings is 1. The first-order valence-electron chi connectivity index (χ1n) is 5.36. The Bertz CT molecular complexity index is 590. The van der Waals surface area contributed by atoms with Gasteiger partial charge in [0.05, 0.1) is 0 Å². The molecule has 1 atom stereocenters. The van der Waals surface area contributed by atoms with Crippen LogP contribution in [-0.4, -0.2) is 25.9 Å². The molecule has 1 aromatic rings. The minimum atomic E-state index is -4.63. The van der Waals surface area contributed by atoms with Crippen LogP contribution in [0.1, 0.15) is 24.1 Å². The fourth-order valence-corrected chi connectivity index (χ4v) is 2.12. The Balaban J connectivity index is 2.92. The van der Waals surface area contributed by atoms with Gasteiger partial charge in [0.15, 0.2) is 0 Å². The van der Waals surface area contributed by atoms with Gasteiger partial charge >= 0.3 is 5.76 Å². The normalized spacial score (nSPS) is 12.9. The highest BCUT2D eigenvalue weighted by Gasteiger charge is 2.26. The van der Waals surface area contributed by atoms with Crippen molar-refractivity contribution in [2.24, 2.45) is 0 Å². The Hall–Kier alpha value is -1.49. The van der Waals surface area contributed by atoms with Crippen LogP contribution in [0.3, 0.4) is 0 Å². The van der Waals surface area contributed by atoms with E-state index in [2.05, 4.69) is 11.8 Å². The predicted octanol–water partition coefficient (Wildman–Crippen LogP) is 1.23. The second-order valence-corrected chi connectivity index (χ2v) is 5.41. The van der Waals surface area contributed by atoms with Gasteiger partial charge in [0.25, 0.3) is 10.0 Å². The molecule has 0 aromatic heterocycles. The van der Waals surface area contributed by atoms with Crippen molar-refractivity contribution in [1.82, 2.24) is 4.72 Å². The maximum absolute atomic E-state index is 12.2. The molecule has 2 N–H and O–H groups in total. The molecule has 0 heterocycles. The summed E-state index contributed by atoms with van der Waals surface area (Å²) in [5, 5.41) is 8.57. The molecular weight excluding hydrogens is 276 g/mol. The van der Waals surface area contributed by atoms with E-state index in [9.17, 15) is 17.2 Å². The second kappa shape index (κ2) is 6.61. The molecule has 0 spiro atoms. The molecule has 7 heteroatoms. The van der Waals surface area contributed by atoms with Gasteiger partial charge in [-0.25, -0.2) is 13.1 Å². The molecule has 0 aliphatic rings. The SMILES string of the molecule is CC(NS(=O)(=O)C(F)F)c1cccc(C#CCO)c1. The molecule has 0 saturated heterocycles. The molecule has 1 unspecified atom stereocenters. The third-order valence-electron chi connectivity index (χ3n) is 2.27. The van der Waals surface area contributed by atoms with E-state index in [0.29, 0.717) is 11.1 Å². The molecule has 104 valence electrons. The quantitative estimate of drug-likeness (QED) is 0.819. The molecule has 0 aliphatic heterocycles. The van der Waals surface area contributed by atoms with E-state index in [0.717, 1.165) is 0 Å². The van der Waals surface area contributed by atoms with E-state index in [1.54, 1.807) is 24.3 Å². The van der Waals surface area contributed by atoms with Gasteiger partial charge in [0.2, 0.25) is 0 Å². The Morgan fingerprint density at radius 2 is 2.11 bits per heavy atom. The van der Waals surface area contributed by atoms with Crippen LogP contribution in [0.2, 0.25) is 0 Å². The zero-order chi connectivity index (χ0) is 14.5. The zero-order valence-corrected chi connectivity index (χ0v) is 10.9. The van der Waals surface area contributed by atoms with Gasteiger partial charge in [0, 0.05) is 11.6 Å². The summed E-state index contributed by atoms with van der Waals surface area (Å²) in [4.78, 5) is 0. The molecule has 0 aliphatic carbocycles. The Morgan fingerprint density at radius 1 is 1.42 bits per heavy atom. The lowest BCUT2D eigenvalue weighted by atomic mass is 10.1. The van der Waals surface area contributed by atoms with Crippen LogP contribution in [-0.2, 0) is 10.0 Å². The molecule has 1 aromatic carbocycles. The van der Waals surface area contributed by atoms with E-state index in [1.807, 2.05) is 4.72 Å². The third-order valence-corrected chi connectivity index (χ3v) is 3.43. The van der Waals surface area contributed by atoms with E-state index >= 15 is 0 Å². The number of sulfonamides is 1. The molecule has 4 nitrogen and oxygen atoms in total. The maximum atomic E-state index is 12.2. The fourth-order valence-electron chi connectivity index (χ4n) is 1.39. The fraction of sp³-hybridized carbons (Fsp3) is 0.333. The van der Waals surface area contributed by atoms with Crippen LogP contribution in [0.4, 0.5) is 8.78 Å². The molecule has 0 bridgehead atoms. The zero-order valence-electron chi connectivity index (χ0n) is 10.1.